The fourth-order valence-corrected chi connectivity index (χ4v) is 1.72. The third-order valence-electron chi connectivity index (χ3n) is 2.74. The summed E-state index contributed by atoms with van der Waals surface area (Å²) in [5, 5.41) is 9.99. The van der Waals surface area contributed by atoms with Gasteiger partial charge in [0, 0.05) is 0 Å². The summed E-state index contributed by atoms with van der Waals surface area (Å²) in [6, 6.07) is 3.46. The quantitative estimate of drug-likeness (QED) is 0.782. The summed E-state index contributed by atoms with van der Waals surface area (Å²) in [5.41, 5.74) is 0.696. The molecule has 0 spiro atoms. The van der Waals surface area contributed by atoms with Crippen molar-refractivity contribution in [3.05, 3.63) is 17.7 Å². The number of hydrogen-bond donors (Lipinski definition) is 1. The van der Waals surface area contributed by atoms with E-state index in [2.05, 4.69) is 0 Å². The minimum atomic E-state index is -0.663. The Morgan fingerprint density at radius 3 is 2.06 bits per heavy atom. The summed E-state index contributed by atoms with van der Waals surface area (Å²) in [4.78, 5) is 0. The smallest absolute Gasteiger partial charge is 0.203 e. The summed E-state index contributed by atoms with van der Waals surface area (Å²) in [6.07, 6.45) is -0.790. The van der Waals surface area contributed by atoms with Crippen LogP contribution in [0.4, 0.5) is 0 Å². The van der Waals surface area contributed by atoms with E-state index >= 15 is 0 Å². The average molecular weight is 240 g/mol. The van der Waals surface area contributed by atoms with Crippen molar-refractivity contribution in [2.24, 2.45) is 0 Å². The number of ether oxygens (including phenoxy) is 4. The number of hydrogen-bond acceptors (Lipinski definition) is 5. The van der Waals surface area contributed by atoms with Crippen LogP contribution in [0.25, 0.3) is 0 Å². The van der Waals surface area contributed by atoms with Crippen LogP contribution in [0.5, 0.6) is 17.2 Å². The van der Waals surface area contributed by atoms with Gasteiger partial charge in [-0.15, -0.1) is 0 Å². The predicted octanol–water partition coefficient (Wildman–Crippen LogP) is 1.14. The van der Waals surface area contributed by atoms with Crippen molar-refractivity contribution >= 4 is 0 Å². The molecule has 1 aliphatic heterocycles. The van der Waals surface area contributed by atoms with Gasteiger partial charge in [0.1, 0.15) is 12.2 Å². The van der Waals surface area contributed by atoms with Crippen LogP contribution in [0.3, 0.4) is 0 Å². The Balaban J connectivity index is 2.40. The molecular weight excluding hydrogens is 224 g/mol. The number of methoxy groups -OCH3 is 3. The van der Waals surface area contributed by atoms with E-state index in [4.69, 9.17) is 18.9 Å². The molecule has 17 heavy (non-hydrogen) atoms. The molecule has 0 saturated carbocycles. The molecule has 1 aromatic carbocycles. The maximum absolute atomic E-state index is 9.99. The molecule has 1 fully saturated rings. The number of aliphatic hydroxyl groups excluding tert-OH is 1. The lowest BCUT2D eigenvalue weighted by Crippen LogP contribution is -2.06. The summed E-state index contributed by atoms with van der Waals surface area (Å²) < 4.78 is 20.7. The van der Waals surface area contributed by atoms with E-state index in [9.17, 15) is 5.11 Å². The van der Waals surface area contributed by atoms with Crippen molar-refractivity contribution in [3.8, 4) is 17.2 Å². The van der Waals surface area contributed by atoms with E-state index in [-0.39, 0.29) is 6.10 Å². The molecule has 2 atom stereocenters. The lowest BCUT2D eigenvalue weighted by atomic mass is 10.1. The molecule has 5 heteroatoms. The first kappa shape index (κ1) is 12.0. The van der Waals surface area contributed by atoms with Crippen LogP contribution in [-0.4, -0.2) is 39.1 Å². The van der Waals surface area contributed by atoms with Gasteiger partial charge in [-0.1, -0.05) is 0 Å². The van der Waals surface area contributed by atoms with Gasteiger partial charge in [-0.25, -0.2) is 0 Å². The van der Waals surface area contributed by atoms with Gasteiger partial charge in [0.15, 0.2) is 11.5 Å². The van der Waals surface area contributed by atoms with Crippen LogP contribution in [0.2, 0.25) is 0 Å². The van der Waals surface area contributed by atoms with Crippen molar-refractivity contribution < 1.29 is 24.1 Å². The highest BCUT2D eigenvalue weighted by molar-refractivity contribution is 5.54. The van der Waals surface area contributed by atoms with E-state index < -0.39 is 6.10 Å². The van der Waals surface area contributed by atoms with Crippen LogP contribution in [-0.2, 0) is 4.74 Å². The lowest BCUT2D eigenvalue weighted by Gasteiger charge is -2.16. The third-order valence-corrected chi connectivity index (χ3v) is 2.74. The predicted molar refractivity (Wildman–Crippen MR) is 60.8 cm³/mol. The van der Waals surface area contributed by atoms with Crippen molar-refractivity contribution in [1.82, 2.24) is 0 Å². The molecule has 1 saturated heterocycles. The maximum Gasteiger partial charge on any atom is 0.203 e. The molecule has 0 radical (unpaired) electrons. The van der Waals surface area contributed by atoms with Gasteiger partial charge in [0.05, 0.1) is 27.9 Å². The van der Waals surface area contributed by atoms with Crippen molar-refractivity contribution in [2.45, 2.75) is 12.2 Å². The Morgan fingerprint density at radius 1 is 1.18 bits per heavy atom. The summed E-state index contributed by atoms with van der Waals surface area (Å²) in [6.45, 7) is 0.581. The molecule has 94 valence electrons. The highest BCUT2D eigenvalue weighted by Crippen LogP contribution is 2.41. The van der Waals surface area contributed by atoms with Gasteiger partial charge in [-0.3, -0.25) is 0 Å². The Bertz CT molecular complexity index is 375. The first-order valence-corrected chi connectivity index (χ1v) is 5.30. The molecule has 1 N–H and O–H groups in total. The topological polar surface area (TPSA) is 60.5 Å². The monoisotopic (exact) mass is 240 g/mol. The lowest BCUT2D eigenvalue weighted by molar-refractivity contribution is 0.136. The SMILES string of the molecule is COc1cc([C@@H](O)[C@H]2CO2)cc(OC)c1OC. The maximum atomic E-state index is 9.99. The Hall–Kier alpha value is -1.46. The summed E-state index contributed by atoms with van der Waals surface area (Å²) in [7, 11) is 4.63. The van der Waals surface area contributed by atoms with E-state index in [0.717, 1.165) is 0 Å². The molecule has 0 aromatic heterocycles. The standard InChI is InChI=1S/C12H16O5/c1-14-8-4-7(11(13)10-6-17-10)5-9(15-2)12(8)16-3/h4-5,10-11,13H,6H2,1-3H3/t10-,11-/m1/s1. The van der Waals surface area contributed by atoms with E-state index in [0.29, 0.717) is 29.4 Å². The molecule has 0 unspecified atom stereocenters. The molecule has 1 aromatic rings. The molecule has 2 rings (SSSR count). The number of aliphatic hydroxyl groups is 1. The minimum Gasteiger partial charge on any atom is -0.493 e. The third kappa shape index (κ3) is 2.30. The van der Waals surface area contributed by atoms with Crippen LogP contribution in [0.15, 0.2) is 12.1 Å². The number of benzene rings is 1. The zero-order valence-electron chi connectivity index (χ0n) is 10.1. The normalized spacial score (nSPS) is 19.6. The van der Waals surface area contributed by atoms with Gasteiger partial charge in [-0.05, 0) is 17.7 Å². The van der Waals surface area contributed by atoms with Crippen molar-refractivity contribution in [2.75, 3.05) is 27.9 Å². The van der Waals surface area contributed by atoms with Gasteiger partial charge in [0.25, 0.3) is 0 Å². The first-order chi connectivity index (χ1) is 8.21. The number of rotatable bonds is 5. The highest BCUT2D eigenvalue weighted by atomic mass is 16.6. The molecule has 0 aliphatic carbocycles. The van der Waals surface area contributed by atoms with Gasteiger partial charge < -0.3 is 24.1 Å². The molecule has 0 bridgehead atoms. The zero-order chi connectivity index (χ0) is 12.4. The van der Waals surface area contributed by atoms with Crippen molar-refractivity contribution in [1.29, 1.82) is 0 Å². The average Bonchev–Trinajstić information content (AvgIpc) is 3.20. The van der Waals surface area contributed by atoms with E-state index in [1.165, 1.54) is 0 Å². The van der Waals surface area contributed by atoms with Crippen LogP contribution >= 0.6 is 0 Å². The second-order valence-corrected chi connectivity index (χ2v) is 3.78. The molecule has 0 amide bonds. The highest BCUT2D eigenvalue weighted by Gasteiger charge is 2.33. The fraction of sp³-hybridized carbons (Fsp3) is 0.500. The molecule has 5 nitrogen and oxygen atoms in total. The Kier molecular flexibility index (Phi) is 3.40. The fourth-order valence-electron chi connectivity index (χ4n) is 1.72. The Labute approximate surface area is 99.9 Å². The summed E-state index contributed by atoms with van der Waals surface area (Å²) >= 11 is 0. The van der Waals surface area contributed by atoms with Crippen molar-refractivity contribution in [3.63, 3.8) is 0 Å². The first-order valence-electron chi connectivity index (χ1n) is 5.30. The molecule has 1 aliphatic rings. The van der Waals surface area contributed by atoms with E-state index in [1.54, 1.807) is 33.5 Å². The zero-order valence-corrected chi connectivity index (χ0v) is 10.1. The molecular formula is C12H16O5. The number of epoxide rings is 1. The Morgan fingerprint density at radius 2 is 1.71 bits per heavy atom. The molecule has 1 heterocycles. The minimum absolute atomic E-state index is 0.127. The van der Waals surface area contributed by atoms with Crippen LogP contribution < -0.4 is 14.2 Å². The second-order valence-electron chi connectivity index (χ2n) is 3.78. The van der Waals surface area contributed by atoms with Crippen LogP contribution in [0.1, 0.15) is 11.7 Å². The van der Waals surface area contributed by atoms with Gasteiger partial charge in [-0.2, -0.15) is 0 Å². The largest absolute Gasteiger partial charge is 0.493 e. The van der Waals surface area contributed by atoms with E-state index in [1.807, 2.05) is 0 Å². The second kappa shape index (κ2) is 4.81. The van der Waals surface area contributed by atoms with Crippen LogP contribution in [0, 0.1) is 0 Å². The summed E-state index contributed by atoms with van der Waals surface area (Å²) in [5.74, 6) is 1.57. The van der Waals surface area contributed by atoms with Gasteiger partial charge in [0.2, 0.25) is 5.75 Å². The van der Waals surface area contributed by atoms with Gasteiger partial charge >= 0.3 is 0 Å².